The monoisotopic (exact) mass is 303 g/mol. The molecule has 2 aromatic carbocycles. The van der Waals surface area contributed by atoms with Crippen LogP contribution in [0.1, 0.15) is 20.7 Å². The Morgan fingerprint density at radius 2 is 1.57 bits per heavy atom. The van der Waals surface area contributed by atoms with Crippen molar-refractivity contribution in [2.75, 3.05) is 5.32 Å². The smallest absolute Gasteiger partial charge is 0.337 e. The maximum Gasteiger partial charge on any atom is 0.337 e. The van der Waals surface area contributed by atoms with Crippen molar-refractivity contribution < 1.29 is 19.5 Å². The first kappa shape index (κ1) is 14.7. The number of ketones is 1. The van der Waals surface area contributed by atoms with Crippen LogP contribution in [0.25, 0.3) is 0 Å². The molecule has 0 heterocycles. The third-order valence-corrected chi connectivity index (χ3v) is 2.97. The van der Waals surface area contributed by atoms with Crippen LogP contribution in [0.2, 0.25) is 5.02 Å². The van der Waals surface area contributed by atoms with E-state index < -0.39 is 17.7 Å². The number of hydrogen-bond donors (Lipinski definition) is 2. The van der Waals surface area contributed by atoms with Crippen molar-refractivity contribution in [3.8, 4) is 0 Å². The molecular weight excluding hydrogens is 294 g/mol. The first-order chi connectivity index (χ1) is 9.99. The Morgan fingerprint density at radius 1 is 0.952 bits per heavy atom. The third kappa shape index (κ3) is 3.46. The van der Waals surface area contributed by atoms with Crippen LogP contribution >= 0.6 is 11.6 Å². The zero-order chi connectivity index (χ0) is 15.4. The summed E-state index contributed by atoms with van der Waals surface area (Å²) >= 11 is 5.70. The van der Waals surface area contributed by atoms with Crippen molar-refractivity contribution in [1.82, 2.24) is 0 Å². The van der Waals surface area contributed by atoms with Gasteiger partial charge in [-0.25, -0.2) is 4.79 Å². The Kier molecular flexibility index (Phi) is 4.35. The number of carboxylic acids is 1. The molecular formula is C15H10ClNO4. The quantitative estimate of drug-likeness (QED) is 0.672. The van der Waals surface area contributed by atoms with Gasteiger partial charge in [0.05, 0.1) is 11.3 Å². The molecule has 2 rings (SSSR count). The number of amides is 1. The van der Waals surface area contributed by atoms with Crippen LogP contribution in [0.3, 0.4) is 0 Å². The number of carbonyl (C=O) groups is 3. The summed E-state index contributed by atoms with van der Waals surface area (Å²) in [6.07, 6.45) is 0. The number of para-hydroxylation sites is 1. The van der Waals surface area contributed by atoms with Crippen molar-refractivity contribution in [1.29, 1.82) is 0 Å². The molecule has 0 bridgehead atoms. The molecule has 0 fully saturated rings. The number of rotatable bonds is 4. The van der Waals surface area contributed by atoms with Crippen molar-refractivity contribution in [3.05, 3.63) is 64.7 Å². The number of carboxylic acid groups (broad SMARTS) is 1. The van der Waals surface area contributed by atoms with Crippen LogP contribution in [0.5, 0.6) is 0 Å². The minimum atomic E-state index is -1.19. The predicted octanol–water partition coefficient (Wildman–Crippen LogP) is 2.86. The molecule has 0 unspecified atom stereocenters. The fourth-order valence-electron chi connectivity index (χ4n) is 1.69. The molecule has 0 aliphatic carbocycles. The molecule has 0 atom stereocenters. The zero-order valence-electron chi connectivity index (χ0n) is 10.7. The highest BCUT2D eigenvalue weighted by Gasteiger charge is 2.18. The topological polar surface area (TPSA) is 83.5 Å². The van der Waals surface area contributed by atoms with E-state index in [0.717, 1.165) is 0 Å². The number of halogens is 1. The molecule has 5 nitrogen and oxygen atoms in total. The summed E-state index contributed by atoms with van der Waals surface area (Å²) in [5.74, 6) is -2.87. The minimum absolute atomic E-state index is 0.0670. The lowest BCUT2D eigenvalue weighted by molar-refractivity contribution is -0.112. The second-order valence-electron chi connectivity index (χ2n) is 4.14. The van der Waals surface area contributed by atoms with Crippen LogP contribution in [0.4, 0.5) is 5.69 Å². The number of benzene rings is 2. The SMILES string of the molecule is O=C(Nc1ccccc1C(=O)O)C(=O)c1ccc(Cl)cc1. The number of Topliss-reactive ketones (excluding diaryl/α,β-unsaturated/α-hetero) is 1. The first-order valence-electron chi connectivity index (χ1n) is 5.92. The molecule has 106 valence electrons. The van der Waals surface area contributed by atoms with E-state index in [-0.39, 0.29) is 16.8 Å². The molecule has 0 aliphatic heterocycles. The summed E-state index contributed by atoms with van der Waals surface area (Å²) in [4.78, 5) is 34.9. The lowest BCUT2D eigenvalue weighted by Gasteiger charge is -2.07. The summed E-state index contributed by atoms with van der Waals surface area (Å²) < 4.78 is 0. The van der Waals surface area contributed by atoms with E-state index >= 15 is 0 Å². The van der Waals surface area contributed by atoms with Gasteiger partial charge in [-0.05, 0) is 36.4 Å². The van der Waals surface area contributed by atoms with Gasteiger partial charge in [-0.1, -0.05) is 23.7 Å². The number of hydrogen-bond acceptors (Lipinski definition) is 3. The van der Waals surface area contributed by atoms with Crippen molar-refractivity contribution in [2.24, 2.45) is 0 Å². The molecule has 2 N–H and O–H groups in total. The van der Waals surface area contributed by atoms with Gasteiger partial charge in [0.1, 0.15) is 0 Å². The lowest BCUT2D eigenvalue weighted by Crippen LogP contribution is -2.24. The van der Waals surface area contributed by atoms with E-state index in [4.69, 9.17) is 16.7 Å². The van der Waals surface area contributed by atoms with E-state index in [0.29, 0.717) is 5.02 Å². The normalized spacial score (nSPS) is 9.95. The standard InChI is InChI=1S/C15H10ClNO4/c16-10-7-5-9(6-8-10)13(18)14(19)17-12-4-2-1-3-11(12)15(20)21/h1-8H,(H,17,19)(H,20,21). The Hall–Kier alpha value is -2.66. The van der Waals surface area contributed by atoms with Crippen LogP contribution in [-0.4, -0.2) is 22.8 Å². The Labute approximate surface area is 125 Å². The summed E-state index contributed by atoms with van der Waals surface area (Å²) in [6, 6.07) is 11.7. The van der Waals surface area contributed by atoms with Gasteiger partial charge >= 0.3 is 5.97 Å². The first-order valence-corrected chi connectivity index (χ1v) is 6.30. The summed E-state index contributed by atoms with van der Waals surface area (Å²) in [5, 5.41) is 11.8. The fourth-order valence-corrected chi connectivity index (χ4v) is 1.82. The highest BCUT2D eigenvalue weighted by molar-refractivity contribution is 6.46. The molecule has 0 spiro atoms. The number of anilines is 1. The average molecular weight is 304 g/mol. The van der Waals surface area contributed by atoms with Crippen molar-refractivity contribution >= 4 is 34.9 Å². The summed E-state index contributed by atoms with van der Waals surface area (Å²) in [5.41, 5.74) is 0.150. The molecule has 0 saturated heterocycles. The van der Waals surface area contributed by atoms with Crippen LogP contribution in [0.15, 0.2) is 48.5 Å². The second kappa shape index (κ2) is 6.19. The van der Waals surface area contributed by atoms with Gasteiger partial charge in [-0.2, -0.15) is 0 Å². The Bertz CT molecular complexity index is 710. The van der Waals surface area contributed by atoms with Crippen molar-refractivity contribution in [3.63, 3.8) is 0 Å². The largest absolute Gasteiger partial charge is 0.478 e. The number of carbonyl (C=O) groups excluding carboxylic acids is 2. The zero-order valence-corrected chi connectivity index (χ0v) is 11.4. The van der Waals surface area contributed by atoms with Gasteiger partial charge in [-0.15, -0.1) is 0 Å². The highest BCUT2D eigenvalue weighted by Crippen LogP contribution is 2.16. The second-order valence-corrected chi connectivity index (χ2v) is 4.58. The van der Waals surface area contributed by atoms with E-state index in [1.165, 1.54) is 42.5 Å². The van der Waals surface area contributed by atoms with Gasteiger partial charge in [0.25, 0.3) is 11.7 Å². The summed E-state index contributed by atoms with van der Waals surface area (Å²) in [7, 11) is 0. The molecule has 2 aromatic rings. The van der Waals surface area contributed by atoms with Gasteiger partial charge in [0, 0.05) is 10.6 Å². The molecule has 21 heavy (non-hydrogen) atoms. The molecule has 0 radical (unpaired) electrons. The van der Waals surface area contributed by atoms with Gasteiger partial charge in [0.2, 0.25) is 0 Å². The van der Waals surface area contributed by atoms with Crippen LogP contribution in [-0.2, 0) is 4.79 Å². The Balaban J connectivity index is 2.20. The van der Waals surface area contributed by atoms with Crippen LogP contribution in [0, 0.1) is 0 Å². The van der Waals surface area contributed by atoms with E-state index in [2.05, 4.69) is 5.32 Å². The van der Waals surface area contributed by atoms with E-state index in [1.54, 1.807) is 6.07 Å². The van der Waals surface area contributed by atoms with Crippen LogP contribution < -0.4 is 5.32 Å². The number of aromatic carboxylic acids is 1. The van der Waals surface area contributed by atoms with Gasteiger partial charge in [-0.3, -0.25) is 9.59 Å². The average Bonchev–Trinajstić information content (AvgIpc) is 2.47. The molecule has 6 heteroatoms. The molecule has 1 amide bonds. The summed E-state index contributed by atoms with van der Waals surface area (Å²) in [6.45, 7) is 0. The molecule has 0 aromatic heterocycles. The number of nitrogens with one attached hydrogen (secondary N) is 1. The van der Waals surface area contributed by atoms with Gasteiger partial charge < -0.3 is 10.4 Å². The van der Waals surface area contributed by atoms with Gasteiger partial charge in [0.15, 0.2) is 0 Å². The fraction of sp³-hybridized carbons (Fsp3) is 0. The predicted molar refractivity (Wildman–Crippen MR) is 77.8 cm³/mol. The van der Waals surface area contributed by atoms with Crippen molar-refractivity contribution in [2.45, 2.75) is 0 Å². The highest BCUT2D eigenvalue weighted by atomic mass is 35.5. The van der Waals surface area contributed by atoms with E-state index in [9.17, 15) is 14.4 Å². The lowest BCUT2D eigenvalue weighted by atomic mass is 10.1. The molecule has 0 aliphatic rings. The van der Waals surface area contributed by atoms with E-state index in [1.807, 2.05) is 0 Å². The Morgan fingerprint density at radius 3 is 2.19 bits per heavy atom. The minimum Gasteiger partial charge on any atom is -0.478 e. The maximum atomic E-state index is 11.9. The third-order valence-electron chi connectivity index (χ3n) is 2.72. The molecule has 0 saturated carbocycles. The maximum absolute atomic E-state index is 11.9.